The van der Waals surface area contributed by atoms with Crippen LogP contribution in [0.3, 0.4) is 0 Å². The molecule has 0 saturated heterocycles. The van der Waals surface area contributed by atoms with Gasteiger partial charge in [-0.25, -0.2) is 5.43 Å². The summed E-state index contributed by atoms with van der Waals surface area (Å²) in [6.45, 7) is 1.84. The fraction of sp³-hybridized carbons (Fsp3) is 0.0909. The van der Waals surface area contributed by atoms with E-state index in [0.29, 0.717) is 22.6 Å². The van der Waals surface area contributed by atoms with Gasteiger partial charge in [0, 0.05) is 34.8 Å². The van der Waals surface area contributed by atoms with E-state index >= 15 is 0 Å². The first-order valence-electron chi connectivity index (χ1n) is 9.11. The first-order chi connectivity index (χ1) is 14.9. The van der Waals surface area contributed by atoms with Crippen LogP contribution in [0.1, 0.15) is 32.0 Å². The molecule has 3 aromatic rings. The third kappa shape index (κ3) is 5.58. The third-order valence-corrected chi connectivity index (χ3v) is 4.55. The van der Waals surface area contributed by atoms with Crippen molar-refractivity contribution in [2.24, 2.45) is 5.10 Å². The number of nitrogens with one attached hydrogen (secondary N) is 2. The zero-order chi connectivity index (χ0) is 22.4. The zero-order valence-corrected chi connectivity index (χ0v) is 17.5. The molecule has 31 heavy (non-hydrogen) atoms. The van der Waals surface area contributed by atoms with Crippen molar-refractivity contribution in [1.82, 2.24) is 10.4 Å². The minimum atomic E-state index is -0.493. The Kier molecular flexibility index (Phi) is 6.84. The highest BCUT2D eigenvalue weighted by Gasteiger charge is 2.10. The monoisotopic (exact) mass is 438 g/mol. The standard InChI is InChI=1S/C22H19ClN4O4/c1-13-3-4-16(11-24-13)21(29)26-17-7-5-15(20(10-17)31-2)12-25-27-22(30)14-6-8-19(28)18(23)9-14/h3-12,28H,1-2H3,(H,26,29)(H,27,30)/b25-12+. The van der Waals surface area contributed by atoms with Gasteiger partial charge >= 0.3 is 0 Å². The number of benzene rings is 2. The van der Waals surface area contributed by atoms with Crippen molar-refractivity contribution in [2.75, 3.05) is 12.4 Å². The topological polar surface area (TPSA) is 113 Å². The minimum Gasteiger partial charge on any atom is -0.506 e. The molecule has 3 rings (SSSR count). The lowest BCUT2D eigenvalue weighted by Crippen LogP contribution is -2.17. The lowest BCUT2D eigenvalue weighted by molar-refractivity contribution is 0.0954. The maximum absolute atomic E-state index is 12.3. The second-order valence-corrected chi connectivity index (χ2v) is 6.87. The summed E-state index contributed by atoms with van der Waals surface area (Å²) in [5.74, 6) is -0.453. The lowest BCUT2D eigenvalue weighted by atomic mass is 10.2. The molecule has 8 nitrogen and oxygen atoms in total. The van der Waals surface area contributed by atoms with E-state index in [2.05, 4.69) is 20.8 Å². The largest absolute Gasteiger partial charge is 0.506 e. The quantitative estimate of drug-likeness (QED) is 0.400. The number of aromatic hydroxyl groups is 1. The number of halogens is 1. The van der Waals surface area contributed by atoms with Crippen molar-refractivity contribution < 1.29 is 19.4 Å². The van der Waals surface area contributed by atoms with E-state index in [1.165, 1.54) is 37.7 Å². The van der Waals surface area contributed by atoms with Crippen molar-refractivity contribution in [3.8, 4) is 11.5 Å². The van der Waals surface area contributed by atoms with Crippen LogP contribution < -0.4 is 15.5 Å². The fourth-order valence-corrected chi connectivity index (χ4v) is 2.75. The molecule has 1 heterocycles. The summed E-state index contributed by atoms with van der Waals surface area (Å²) in [5, 5.41) is 16.2. The summed E-state index contributed by atoms with van der Waals surface area (Å²) in [4.78, 5) is 28.6. The van der Waals surface area contributed by atoms with Crippen molar-refractivity contribution >= 4 is 35.3 Å². The molecular formula is C22H19ClN4O4. The van der Waals surface area contributed by atoms with Gasteiger partial charge in [0.1, 0.15) is 11.5 Å². The van der Waals surface area contributed by atoms with Crippen LogP contribution in [0.25, 0.3) is 0 Å². The number of pyridine rings is 1. The second kappa shape index (κ2) is 9.73. The molecule has 2 aromatic carbocycles. The molecule has 0 saturated carbocycles. The number of anilines is 1. The highest BCUT2D eigenvalue weighted by atomic mass is 35.5. The Labute approximate surface area is 183 Å². The van der Waals surface area contributed by atoms with Gasteiger partial charge in [0.2, 0.25) is 0 Å². The number of carbonyl (C=O) groups excluding carboxylic acids is 2. The predicted octanol–water partition coefficient (Wildman–Crippen LogP) is 3.77. The van der Waals surface area contributed by atoms with E-state index in [9.17, 15) is 14.7 Å². The number of hydrogen-bond acceptors (Lipinski definition) is 6. The number of aromatic nitrogens is 1. The van der Waals surface area contributed by atoms with Crippen molar-refractivity contribution in [3.05, 3.63) is 82.1 Å². The summed E-state index contributed by atoms with van der Waals surface area (Å²) < 4.78 is 5.35. The van der Waals surface area contributed by atoms with Crippen LogP contribution in [0.15, 0.2) is 59.8 Å². The number of phenolic OH excluding ortho intramolecular Hbond substituents is 1. The summed E-state index contributed by atoms with van der Waals surface area (Å²) in [6.07, 6.45) is 2.92. The lowest BCUT2D eigenvalue weighted by Gasteiger charge is -2.09. The normalized spacial score (nSPS) is 10.7. The SMILES string of the molecule is COc1cc(NC(=O)c2ccc(C)nc2)ccc1/C=N/NC(=O)c1ccc(O)c(Cl)c1. The van der Waals surface area contributed by atoms with E-state index in [4.69, 9.17) is 16.3 Å². The molecular weight excluding hydrogens is 420 g/mol. The summed E-state index contributed by atoms with van der Waals surface area (Å²) in [7, 11) is 1.49. The fourth-order valence-electron chi connectivity index (χ4n) is 2.57. The molecule has 0 radical (unpaired) electrons. The Bertz CT molecular complexity index is 1150. The number of hydrogen-bond donors (Lipinski definition) is 3. The van der Waals surface area contributed by atoms with E-state index in [-0.39, 0.29) is 22.2 Å². The molecule has 0 aliphatic rings. The highest BCUT2D eigenvalue weighted by Crippen LogP contribution is 2.24. The average Bonchev–Trinajstić information content (AvgIpc) is 2.76. The number of hydrazone groups is 1. The molecule has 0 fully saturated rings. The van der Waals surface area contributed by atoms with E-state index in [1.54, 1.807) is 30.3 Å². The number of carbonyl (C=O) groups is 2. The van der Waals surface area contributed by atoms with Gasteiger partial charge in [-0.2, -0.15) is 5.10 Å². The summed E-state index contributed by atoms with van der Waals surface area (Å²) in [6, 6.07) is 12.6. The molecule has 0 bridgehead atoms. The van der Waals surface area contributed by atoms with Gasteiger partial charge in [-0.3, -0.25) is 14.6 Å². The van der Waals surface area contributed by atoms with Crippen LogP contribution in [0.5, 0.6) is 11.5 Å². The smallest absolute Gasteiger partial charge is 0.271 e. The van der Waals surface area contributed by atoms with Crippen molar-refractivity contribution in [1.29, 1.82) is 0 Å². The molecule has 2 amide bonds. The summed E-state index contributed by atoms with van der Waals surface area (Å²) >= 11 is 5.81. The Hall–Kier alpha value is -3.91. The van der Waals surface area contributed by atoms with Gasteiger partial charge in [-0.05, 0) is 49.4 Å². The van der Waals surface area contributed by atoms with Gasteiger partial charge in [0.25, 0.3) is 11.8 Å². The van der Waals surface area contributed by atoms with E-state index in [1.807, 2.05) is 6.92 Å². The van der Waals surface area contributed by atoms with Crippen LogP contribution in [-0.2, 0) is 0 Å². The predicted molar refractivity (Wildman–Crippen MR) is 118 cm³/mol. The van der Waals surface area contributed by atoms with Crippen LogP contribution in [-0.4, -0.2) is 35.2 Å². The highest BCUT2D eigenvalue weighted by molar-refractivity contribution is 6.32. The number of amides is 2. The van der Waals surface area contributed by atoms with E-state index < -0.39 is 5.91 Å². The molecule has 1 aromatic heterocycles. The number of rotatable bonds is 6. The average molecular weight is 439 g/mol. The number of methoxy groups -OCH3 is 1. The first kappa shape index (κ1) is 21.8. The molecule has 0 aliphatic heterocycles. The van der Waals surface area contributed by atoms with Crippen LogP contribution in [0.4, 0.5) is 5.69 Å². The Morgan fingerprint density at radius 2 is 1.87 bits per heavy atom. The van der Waals surface area contributed by atoms with E-state index in [0.717, 1.165) is 5.69 Å². The van der Waals surface area contributed by atoms with Crippen LogP contribution in [0.2, 0.25) is 5.02 Å². The second-order valence-electron chi connectivity index (χ2n) is 6.46. The number of phenols is 1. The maximum atomic E-state index is 12.3. The molecule has 0 atom stereocenters. The zero-order valence-electron chi connectivity index (χ0n) is 16.7. The van der Waals surface area contributed by atoms with Crippen LogP contribution in [0, 0.1) is 6.92 Å². The van der Waals surface area contributed by atoms with Crippen molar-refractivity contribution in [3.63, 3.8) is 0 Å². The van der Waals surface area contributed by atoms with Gasteiger partial charge in [-0.15, -0.1) is 0 Å². The molecule has 0 unspecified atom stereocenters. The molecule has 0 aliphatic carbocycles. The van der Waals surface area contributed by atoms with Crippen molar-refractivity contribution in [2.45, 2.75) is 6.92 Å². The third-order valence-electron chi connectivity index (χ3n) is 4.24. The van der Waals surface area contributed by atoms with Crippen LogP contribution >= 0.6 is 11.6 Å². The maximum Gasteiger partial charge on any atom is 0.271 e. The Balaban J connectivity index is 1.67. The first-order valence-corrected chi connectivity index (χ1v) is 9.49. The van der Waals surface area contributed by atoms with Gasteiger partial charge < -0.3 is 15.2 Å². The number of ether oxygens (including phenoxy) is 1. The molecule has 9 heteroatoms. The number of aryl methyl sites for hydroxylation is 1. The molecule has 3 N–H and O–H groups in total. The van der Waals surface area contributed by atoms with Gasteiger partial charge in [0.15, 0.2) is 0 Å². The molecule has 0 spiro atoms. The molecule has 158 valence electrons. The Morgan fingerprint density at radius 3 is 2.55 bits per heavy atom. The van der Waals surface area contributed by atoms with Gasteiger partial charge in [-0.1, -0.05) is 11.6 Å². The summed E-state index contributed by atoms with van der Waals surface area (Å²) in [5.41, 5.74) is 5.00. The minimum absolute atomic E-state index is 0.0670. The number of nitrogens with zero attached hydrogens (tertiary/aromatic N) is 2. The van der Waals surface area contributed by atoms with Gasteiger partial charge in [0.05, 0.1) is 23.9 Å². The Morgan fingerprint density at radius 1 is 1.10 bits per heavy atom.